The molecule has 0 spiro atoms. The smallest absolute Gasteiger partial charge is 0.278 e. The van der Waals surface area contributed by atoms with Crippen molar-refractivity contribution in [1.29, 1.82) is 0 Å². The quantitative estimate of drug-likeness (QED) is 0.119. The van der Waals surface area contributed by atoms with Crippen LogP contribution in [-0.2, 0) is 58.8 Å². The summed E-state index contributed by atoms with van der Waals surface area (Å²) in [5, 5.41) is 22.7. The van der Waals surface area contributed by atoms with Crippen LogP contribution in [0.5, 0.6) is 0 Å². The van der Waals surface area contributed by atoms with Gasteiger partial charge in [-0.3, -0.25) is 29.4 Å². The number of piperidine rings is 1. The number of rotatable bonds is 9. The predicted octanol–water partition coefficient (Wildman–Crippen LogP) is 5.66. The van der Waals surface area contributed by atoms with Crippen molar-refractivity contribution in [3.63, 3.8) is 0 Å². The Morgan fingerprint density at radius 2 is 1.73 bits per heavy atom. The summed E-state index contributed by atoms with van der Waals surface area (Å²) in [7, 11) is 0. The number of allylic oxidation sites excluding steroid dienone is 1. The Kier molecular flexibility index (Phi) is 10.7. The molecule has 1 unspecified atom stereocenters. The zero-order chi connectivity index (χ0) is 45.3. The maximum atomic E-state index is 14.0. The summed E-state index contributed by atoms with van der Waals surface area (Å²) in [6, 6.07) is 14.6. The van der Waals surface area contributed by atoms with Crippen molar-refractivity contribution >= 4 is 51.4 Å². The van der Waals surface area contributed by atoms with Crippen molar-refractivity contribution in [1.82, 2.24) is 44.6 Å². The Bertz CT molecular complexity index is 3020. The van der Waals surface area contributed by atoms with Crippen LogP contribution in [0.2, 0.25) is 0 Å². The molecule has 5 aliphatic rings. The van der Waals surface area contributed by atoms with E-state index in [1.165, 1.54) is 11.1 Å². The zero-order valence-electron chi connectivity index (χ0n) is 37.2. The average molecular weight is 891 g/mol. The van der Waals surface area contributed by atoms with Gasteiger partial charge in [0, 0.05) is 67.4 Å². The van der Waals surface area contributed by atoms with Gasteiger partial charge in [-0.1, -0.05) is 36.4 Å². The summed E-state index contributed by atoms with van der Waals surface area (Å²) in [6.45, 7) is 9.14. The minimum atomic E-state index is -1.01. The van der Waals surface area contributed by atoms with Crippen molar-refractivity contribution in [2.45, 2.75) is 115 Å². The van der Waals surface area contributed by atoms with E-state index in [-0.39, 0.29) is 35.7 Å². The molecule has 3 aliphatic heterocycles. The predicted molar refractivity (Wildman–Crippen MR) is 246 cm³/mol. The minimum Gasteiger partial charge on any atom is -0.384 e. The van der Waals surface area contributed by atoms with Crippen LogP contribution in [0.15, 0.2) is 70.6 Å². The topological polar surface area (TPSA) is 194 Å². The van der Waals surface area contributed by atoms with E-state index < -0.39 is 11.5 Å². The number of imide groups is 1. The standard InChI is InChI=1S/C50H54N10O6/c1-3-22-59-48(64)39-27-51-49(55-45(39)60(59)40-15-9-30-17-21-50(65,4-2)44(30)53-40)52-34-10-5-33-28-58(24-19-32(33)26-34)47(63)31-6-11-35(12-7-31)57-23-18-29-8-13-37-42(38-14-16-41(61)54-46(38)62)56-66-43(37)36(29)20-25-57/h3,5,8-10,13,15,26-27,31,35,38,65H,1,4,6-7,11-12,14,16-25,28H2,2H3,(H,51,52,55)(H,54,61,62)/t31-,35+,38?,50-/m1/s1. The van der Waals surface area contributed by atoms with Crippen molar-refractivity contribution in [2.24, 2.45) is 5.92 Å². The summed E-state index contributed by atoms with van der Waals surface area (Å²) in [4.78, 5) is 70.9. The lowest BCUT2D eigenvalue weighted by Crippen LogP contribution is -2.44. The number of hydrogen-bond acceptors (Lipinski definition) is 12. The van der Waals surface area contributed by atoms with E-state index in [4.69, 9.17) is 14.5 Å². The van der Waals surface area contributed by atoms with Crippen molar-refractivity contribution in [3.8, 4) is 5.82 Å². The number of aliphatic hydroxyl groups is 1. The number of fused-ring (bicyclic) bond motifs is 6. The van der Waals surface area contributed by atoms with E-state index >= 15 is 0 Å². The van der Waals surface area contributed by atoms with Crippen LogP contribution in [0.4, 0.5) is 11.6 Å². The van der Waals surface area contributed by atoms with E-state index in [9.17, 15) is 24.3 Å². The highest BCUT2D eigenvalue weighted by atomic mass is 16.5. The molecule has 16 heteroatoms. The molecule has 7 heterocycles. The number of nitrogens with zero attached hydrogens (tertiary/aromatic N) is 8. The second-order valence-electron chi connectivity index (χ2n) is 18.8. The first-order valence-corrected chi connectivity index (χ1v) is 23.6. The number of nitrogens with one attached hydrogen (secondary N) is 2. The number of aryl methyl sites for hydroxylation is 1. The number of anilines is 2. The monoisotopic (exact) mass is 890 g/mol. The molecule has 1 saturated carbocycles. The van der Waals surface area contributed by atoms with E-state index in [0.29, 0.717) is 79.0 Å². The van der Waals surface area contributed by atoms with E-state index in [1.54, 1.807) is 21.6 Å². The summed E-state index contributed by atoms with van der Waals surface area (Å²) in [5.41, 5.74) is 7.69. The Morgan fingerprint density at radius 3 is 2.55 bits per heavy atom. The Balaban J connectivity index is 0.726. The SMILES string of the molecule is C=CCn1c(=O)c2cnc(Nc3ccc4c(c3)CCN(C(=O)[C@H]3CC[C@@H](N5CCc6ccc7c(C8CCC(=O)NC8=O)noc7c6CC5)CC3)C4)nc2n1-c1ccc2c(n1)[C@@](O)(CC)CC2. The summed E-state index contributed by atoms with van der Waals surface area (Å²) in [5.74, 6) is 0.0491. The Labute approximate surface area is 381 Å². The molecular weight excluding hydrogens is 837 g/mol. The summed E-state index contributed by atoms with van der Waals surface area (Å²) < 4.78 is 9.15. The fraction of sp³-hybridized carbons (Fsp3) is 0.440. The third-order valence-corrected chi connectivity index (χ3v) is 15.1. The number of aromatic nitrogens is 6. The van der Waals surface area contributed by atoms with Gasteiger partial charge in [0.15, 0.2) is 17.0 Å². The highest BCUT2D eigenvalue weighted by Gasteiger charge is 2.38. The lowest BCUT2D eigenvalue weighted by atomic mass is 9.83. The van der Waals surface area contributed by atoms with Crippen LogP contribution in [0.3, 0.4) is 0 Å². The number of hydrogen-bond donors (Lipinski definition) is 3. The number of amides is 3. The summed E-state index contributed by atoms with van der Waals surface area (Å²) >= 11 is 0. The van der Waals surface area contributed by atoms with Gasteiger partial charge in [0.25, 0.3) is 5.56 Å². The molecule has 340 valence electrons. The molecule has 3 amide bonds. The molecule has 2 aromatic carbocycles. The highest BCUT2D eigenvalue weighted by Crippen LogP contribution is 2.39. The Morgan fingerprint density at radius 1 is 0.924 bits per heavy atom. The van der Waals surface area contributed by atoms with E-state index in [2.05, 4.69) is 50.5 Å². The van der Waals surface area contributed by atoms with Gasteiger partial charge in [0.1, 0.15) is 16.7 Å². The van der Waals surface area contributed by atoms with Crippen molar-refractivity contribution < 1.29 is 24.0 Å². The van der Waals surface area contributed by atoms with Crippen LogP contribution in [-0.4, -0.2) is 87.8 Å². The maximum absolute atomic E-state index is 14.0. The lowest BCUT2D eigenvalue weighted by molar-refractivity contribution is -0.138. The first-order chi connectivity index (χ1) is 32.1. The molecule has 2 atom stereocenters. The molecule has 2 fully saturated rings. The normalized spacial score (nSPS) is 23.3. The fourth-order valence-electron chi connectivity index (χ4n) is 11.3. The minimum absolute atomic E-state index is 0.0167. The Hall–Kier alpha value is -6.52. The van der Waals surface area contributed by atoms with Gasteiger partial charge in [-0.25, -0.2) is 19.3 Å². The van der Waals surface area contributed by atoms with Gasteiger partial charge in [0.05, 0.1) is 18.2 Å². The number of carbonyl (C=O) groups is 3. The van der Waals surface area contributed by atoms with Gasteiger partial charge in [-0.15, -0.1) is 6.58 Å². The van der Waals surface area contributed by atoms with Gasteiger partial charge < -0.3 is 19.8 Å². The number of pyridine rings is 1. The van der Waals surface area contributed by atoms with E-state index in [1.807, 2.05) is 36.1 Å². The van der Waals surface area contributed by atoms with Crippen molar-refractivity contribution in [2.75, 3.05) is 25.0 Å². The molecule has 16 nitrogen and oxygen atoms in total. The van der Waals surface area contributed by atoms with Crippen LogP contribution >= 0.6 is 0 Å². The first-order valence-electron chi connectivity index (χ1n) is 23.6. The molecule has 6 aromatic rings. The third-order valence-electron chi connectivity index (χ3n) is 15.1. The molecule has 0 radical (unpaired) electrons. The highest BCUT2D eigenvalue weighted by molar-refractivity contribution is 6.02. The molecule has 3 N–H and O–H groups in total. The molecule has 4 aromatic heterocycles. The first kappa shape index (κ1) is 42.1. The second-order valence-corrected chi connectivity index (χ2v) is 18.8. The fourth-order valence-corrected chi connectivity index (χ4v) is 11.3. The van der Waals surface area contributed by atoms with E-state index in [0.717, 1.165) is 97.8 Å². The van der Waals surface area contributed by atoms with Gasteiger partial charge >= 0.3 is 0 Å². The van der Waals surface area contributed by atoms with Crippen LogP contribution < -0.4 is 16.2 Å². The third kappa shape index (κ3) is 7.30. The molecule has 0 bridgehead atoms. The van der Waals surface area contributed by atoms with Crippen LogP contribution in [0.25, 0.3) is 27.8 Å². The van der Waals surface area contributed by atoms with Gasteiger partial charge in [-0.05, 0) is 117 Å². The van der Waals surface area contributed by atoms with Gasteiger partial charge in [-0.2, -0.15) is 4.98 Å². The van der Waals surface area contributed by atoms with Crippen LogP contribution in [0, 0.1) is 5.92 Å². The summed E-state index contributed by atoms with van der Waals surface area (Å²) in [6.07, 6.45) is 12.0. The molecule has 2 aliphatic carbocycles. The second kappa shape index (κ2) is 16.7. The molecular formula is C50H54N10O6. The molecule has 1 saturated heterocycles. The molecule has 11 rings (SSSR count). The average Bonchev–Trinajstić information content (AvgIpc) is 3.93. The zero-order valence-corrected chi connectivity index (χ0v) is 37.2. The largest absolute Gasteiger partial charge is 0.384 e. The lowest BCUT2D eigenvalue weighted by Gasteiger charge is -2.38. The van der Waals surface area contributed by atoms with Gasteiger partial charge in [0.2, 0.25) is 23.7 Å². The maximum Gasteiger partial charge on any atom is 0.278 e. The number of carbonyl (C=O) groups excluding carboxylic acids is 3. The van der Waals surface area contributed by atoms with Crippen molar-refractivity contribution in [3.05, 3.63) is 111 Å². The van der Waals surface area contributed by atoms with Crippen LogP contribution in [0.1, 0.15) is 103 Å². The molecule has 66 heavy (non-hydrogen) atoms. The number of benzene rings is 2.